The van der Waals surface area contributed by atoms with Gasteiger partial charge in [-0.2, -0.15) is 13.2 Å². The van der Waals surface area contributed by atoms with E-state index in [1.165, 1.54) is 0 Å². The Morgan fingerprint density at radius 1 is 1.47 bits per heavy atom. The van der Waals surface area contributed by atoms with Crippen LogP contribution < -0.4 is 5.32 Å². The van der Waals surface area contributed by atoms with Crippen molar-refractivity contribution in [2.24, 2.45) is 11.1 Å². The summed E-state index contributed by atoms with van der Waals surface area (Å²) in [6.45, 7) is 3.43. The predicted molar refractivity (Wildman–Crippen MR) is 63.1 cm³/mol. The maximum absolute atomic E-state index is 12.2. The quantitative estimate of drug-likeness (QED) is 0.527. The van der Waals surface area contributed by atoms with Crippen molar-refractivity contribution in [3.8, 4) is 0 Å². The van der Waals surface area contributed by atoms with Crippen molar-refractivity contribution in [2.45, 2.75) is 20.0 Å². The molecule has 0 unspecified atom stereocenters. The van der Waals surface area contributed by atoms with Crippen LogP contribution in [-0.2, 0) is 11.0 Å². The maximum Gasteiger partial charge on any atom is 0.445 e. The summed E-state index contributed by atoms with van der Waals surface area (Å²) >= 11 is 5.77. The van der Waals surface area contributed by atoms with E-state index in [-0.39, 0.29) is 27.6 Å². The smallest absolute Gasteiger partial charge is 0.297 e. The molecule has 1 aromatic rings. The number of alkyl halides is 3. The van der Waals surface area contributed by atoms with Gasteiger partial charge in [-0.15, -0.1) is 10.2 Å². The minimum absolute atomic E-state index is 0.0448. The Labute approximate surface area is 114 Å². The van der Waals surface area contributed by atoms with Crippen LogP contribution in [0.15, 0.2) is 5.16 Å². The Morgan fingerprint density at radius 2 is 2.11 bits per heavy atom. The Balaban J connectivity index is 2.59. The first-order valence-electron chi connectivity index (χ1n) is 4.82. The molecule has 6 nitrogen and oxygen atoms in total. The van der Waals surface area contributed by atoms with Crippen LogP contribution >= 0.6 is 22.9 Å². The summed E-state index contributed by atoms with van der Waals surface area (Å²) in [6, 6.07) is 0. The lowest BCUT2D eigenvalue weighted by Crippen LogP contribution is -2.12. The van der Waals surface area contributed by atoms with Crippen LogP contribution in [-0.4, -0.2) is 21.5 Å². The fourth-order valence-electron chi connectivity index (χ4n) is 0.689. The molecule has 0 aliphatic heterocycles. The highest BCUT2D eigenvalue weighted by Crippen LogP contribution is 2.32. The van der Waals surface area contributed by atoms with Crippen molar-refractivity contribution < 1.29 is 22.8 Å². The first-order valence-corrected chi connectivity index (χ1v) is 6.01. The molecule has 1 N–H and O–H groups in total. The van der Waals surface area contributed by atoms with E-state index >= 15 is 0 Å². The normalized spacial score (nSPS) is 12.7. The van der Waals surface area contributed by atoms with Crippen LogP contribution in [0, 0.1) is 5.92 Å². The number of halogens is 4. The van der Waals surface area contributed by atoms with Gasteiger partial charge in [-0.3, -0.25) is 10.2 Å². The average Bonchev–Trinajstić information content (AvgIpc) is 2.73. The monoisotopic (exact) mass is 316 g/mol. The zero-order chi connectivity index (χ0) is 14.6. The Kier molecular flexibility index (Phi) is 5.06. The lowest BCUT2D eigenvalue weighted by Gasteiger charge is -2.01. The first-order chi connectivity index (χ1) is 8.70. The minimum atomic E-state index is -4.61. The highest BCUT2D eigenvalue weighted by atomic mass is 35.5. The molecule has 0 aliphatic carbocycles. The standard InChI is InChI=1S/C8H8ClF3N4O2S/c1-3(2)4(9)16-18-7(17)13-6-15-14-5(19-6)8(10,11)12/h3H,1-2H3,(H,13,15,17)/b16-4-. The largest absolute Gasteiger partial charge is 0.445 e. The van der Waals surface area contributed by atoms with Gasteiger partial charge in [0.1, 0.15) is 5.17 Å². The summed E-state index contributed by atoms with van der Waals surface area (Å²) in [7, 11) is 0. The van der Waals surface area contributed by atoms with Gasteiger partial charge in [-0.25, -0.2) is 4.79 Å². The van der Waals surface area contributed by atoms with E-state index < -0.39 is 17.3 Å². The van der Waals surface area contributed by atoms with E-state index in [0.717, 1.165) is 0 Å². The van der Waals surface area contributed by atoms with Gasteiger partial charge >= 0.3 is 12.3 Å². The highest BCUT2D eigenvalue weighted by Gasteiger charge is 2.35. The Morgan fingerprint density at radius 3 is 2.58 bits per heavy atom. The molecule has 11 heteroatoms. The van der Waals surface area contributed by atoms with E-state index in [2.05, 4.69) is 20.2 Å². The Hall–Kier alpha value is -1.42. The van der Waals surface area contributed by atoms with Gasteiger partial charge in [-0.1, -0.05) is 41.9 Å². The van der Waals surface area contributed by atoms with Crippen molar-refractivity contribution in [1.82, 2.24) is 10.2 Å². The average molecular weight is 317 g/mol. The molecule has 0 saturated carbocycles. The number of anilines is 1. The SMILES string of the molecule is CC(C)/C(Cl)=N/OC(=O)Nc1nnc(C(F)(F)F)s1. The van der Waals surface area contributed by atoms with E-state index in [0.29, 0.717) is 0 Å². The summed E-state index contributed by atoms with van der Waals surface area (Å²) in [5.41, 5.74) is 0. The number of hydrogen-bond donors (Lipinski definition) is 1. The third-order valence-electron chi connectivity index (χ3n) is 1.57. The third kappa shape index (κ3) is 4.99. The van der Waals surface area contributed by atoms with Crippen LogP contribution in [0.3, 0.4) is 0 Å². The fourth-order valence-corrected chi connectivity index (χ4v) is 1.32. The topological polar surface area (TPSA) is 76.5 Å². The number of nitrogens with zero attached hydrogens (tertiary/aromatic N) is 3. The second-order valence-corrected chi connectivity index (χ2v) is 4.85. The van der Waals surface area contributed by atoms with Crippen molar-refractivity contribution >= 4 is 39.3 Å². The van der Waals surface area contributed by atoms with Crippen LogP contribution in [0.4, 0.5) is 23.1 Å². The van der Waals surface area contributed by atoms with Crippen LogP contribution in [0.25, 0.3) is 0 Å². The molecule has 0 fully saturated rings. The second kappa shape index (κ2) is 6.15. The van der Waals surface area contributed by atoms with Gasteiger partial charge < -0.3 is 0 Å². The molecule has 0 saturated heterocycles. The van der Waals surface area contributed by atoms with Crippen LogP contribution in [0.2, 0.25) is 0 Å². The van der Waals surface area contributed by atoms with Gasteiger partial charge in [0.15, 0.2) is 0 Å². The molecule has 19 heavy (non-hydrogen) atoms. The number of carbonyl (C=O) groups excluding carboxylic acids is 1. The van der Waals surface area contributed by atoms with Gasteiger partial charge in [0.05, 0.1) is 0 Å². The summed E-state index contributed by atoms with van der Waals surface area (Å²) in [5.74, 6) is -0.146. The van der Waals surface area contributed by atoms with Gasteiger partial charge in [-0.05, 0) is 0 Å². The second-order valence-electron chi connectivity index (χ2n) is 3.48. The molecular weight excluding hydrogens is 309 g/mol. The van der Waals surface area contributed by atoms with Crippen molar-refractivity contribution in [2.75, 3.05) is 5.32 Å². The summed E-state index contributed by atoms with van der Waals surface area (Å²) in [5, 5.41) is 9.76. The summed E-state index contributed by atoms with van der Waals surface area (Å²) < 4.78 is 36.6. The van der Waals surface area contributed by atoms with E-state index in [1.54, 1.807) is 13.8 Å². The Bertz CT molecular complexity index is 489. The van der Waals surface area contributed by atoms with E-state index in [4.69, 9.17) is 11.6 Å². The molecule has 0 aromatic carbocycles. The van der Waals surface area contributed by atoms with Crippen LogP contribution in [0.5, 0.6) is 0 Å². The maximum atomic E-state index is 12.2. The molecule has 1 amide bonds. The van der Waals surface area contributed by atoms with Crippen molar-refractivity contribution in [3.63, 3.8) is 0 Å². The fraction of sp³-hybridized carbons (Fsp3) is 0.500. The molecule has 0 radical (unpaired) electrons. The van der Waals surface area contributed by atoms with Crippen LogP contribution in [0.1, 0.15) is 18.9 Å². The van der Waals surface area contributed by atoms with Gasteiger partial charge in [0.2, 0.25) is 10.1 Å². The molecule has 0 atom stereocenters. The number of hydrogen-bond acceptors (Lipinski definition) is 6. The number of oxime groups is 1. The molecule has 0 bridgehead atoms. The van der Waals surface area contributed by atoms with Crippen molar-refractivity contribution in [3.05, 3.63) is 5.01 Å². The number of rotatable bonds is 3. The summed E-state index contributed by atoms with van der Waals surface area (Å²) in [4.78, 5) is 15.5. The molecule has 0 aliphatic rings. The zero-order valence-electron chi connectivity index (χ0n) is 9.66. The molecule has 1 rings (SSSR count). The van der Waals surface area contributed by atoms with E-state index in [1.807, 2.05) is 5.32 Å². The molecule has 1 heterocycles. The van der Waals surface area contributed by atoms with Gasteiger partial charge in [0, 0.05) is 5.92 Å². The third-order valence-corrected chi connectivity index (χ3v) is 2.96. The number of carbonyl (C=O) groups is 1. The predicted octanol–water partition coefficient (Wildman–Crippen LogP) is 3.31. The number of aromatic nitrogens is 2. The van der Waals surface area contributed by atoms with Gasteiger partial charge in [0.25, 0.3) is 0 Å². The molecule has 1 aromatic heterocycles. The number of amides is 1. The first kappa shape index (κ1) is 15.6. The lowest BCUT2D eigenvalue weighted by atomic mass is 10.2. The van der Waals surface area contributed by atoms with E-state index in [9.17, 15) is 18.0 Å². The summed E-state index contributed by atoms with van der Waals surface area (Å²) in [6.07, 6.45) is -5.72. The zero-order valence-corrected chi connectivity index (χ0v) is 11.2. The molecular formula is C8H8ClF3N4O2S. The van der Waals surface area contributed by atoms with Crippen molar-refractivity contribution in [1.29, 1.82) is 0 Å². The molecule has 0 spiro atoms. The number of nitrogens with one attached hydrogen (secondary N) is 1. The molecule has 106 valence electrons. The lowest BCUT2D eigenvalue weighted by molar-refractivity contribution is -0.138. The minimum Gasteiger partial charge on any atom is -0.297 e. The highest BCUT2D eigenvalue weighted by molar-refractivity contribution is 7.15.